The summed E-state index contributed by atoms with van der Waals surface area (Å²) >= 11 is 0. The number of hydrogen-bond acceptors (Lipinski definition) is 7. The lowest BCUT2D eigenvalue weighted by atomic mass is 9.53. The van der Waals surface area contributed by atoms with Crippen molar-refractivity contribution in [3.05, 3.63) is 51.8 Å². The third-order valence-corrected chi connectivity index (χ3v) is 7.11. The lowest BCUT2D eigenvalue weighted by Gasteiger charge is -2.57. The fourth-order valence-corrected chi connectivity index (χ4v) is 6.26. The van der Waals surface area contributed by atoms with Gasteiger partial charge in [-0.3, -0.25) is 25.8 Å². The minimum absolute atomic E-state index is 0.0332. The first kappa shape index (κ1) is 19.7. The monoisotopic (exact) mass is 422 g/mol. The molecule has 31 heavy (non-hydrogen) atoms. The predicted octanol–water partition coefficient (Wildman–Crippen LogP) is 3.83. The first-order valence-corrected chi connectivity index (χ1v) is 10.8. The standard InChI is InChI=1S/C22H26N6O3/c1-13-4-2-3-5-17(13)21(29)27-26-20-18(28(30)31)19(23-12-24-20)25-22-9-14-6-15(10-22)8-16(7-14)11-22/h2-5,12,14-16H,6-11H2,1H3,(H,27,29)(H2,23,24,25,26). The maximum atomic E-state index is 12.5. The van der Waals surface area contributed by atoms with Crippen LogP contribution in [0.5, 0.6) is 0 Å². The summed E-state index contributed by atoms with van der Waals surface area (Å²) in [5, 5.41) is 15.4. The zero-order valence-electron chi connectivity index (χ0n) is 17.4. The highest BCUT2D eigenvalue weighted by atomic mass is 16.6. The molecule has 0 atom stereocenters. The van der Waals surface area contributed by atoms with Crippen molar-refractivity contribution >= 4 is 23.2 Å². The zero-order chi connectivity index (χ0) is 21.6. The smallest absolute Gasteiger partial charge is 0.354 e. The van der Waals surface area contributed by atoms with Crippen LogP contribution >= 0.6 is 0 Å². The lowest BCUT2D eigenvalue weighted by Crippen LogP contribution is -2.55. The highest BCUT2D eigenvalue weighted by Crippen LogP contribution is 2.56. The van der Waals surface area contributed by atoms with E-state index in [1.54, 1.807) is 12.1 Å². The normalized spacial score (nSPS) is 28.2. The summed E-state index contributed by atoms with van der Waals surface area (Å²) in [4.78, 5) is 32.2. The molecule has 0 saturated heterocycles. The first-order valence-electron chi connectivity index (χ1n) is 10.8. The van der Waals surface area contributed by atoms with Crippen molar-refractivity contribution in [1.82, 2.24) is 15.4 Å². The number of aromatic nitrogens is 2. The quantitative estimate of drug-likeness (QED) is 0.478. The average Bonchev–Trinajstić information content (AvgIpc) is 2.71. The second-order valence-corrected chi connectivity index (χ2v) is 9.39. The predicted molar refractivity (Wildman–Crippen MR) is 115 cm³/mol. The summed E-state index contributed by atoms with van der Waals surface area (Å²) < 4.78 is 0. The van der Waals surface area contributed by atoms with Gasteiger partial charge >= 0.3 is 5.69 Å². The molecular formula is C22H26N6O3. The maximum Gasteiger partial charge on any atom is 0.354 e. The molecule has 0 unspecified atom stereocenters. The number of nitrogens with one attached hydrogen (secondary N) is 3. The Bertz CT molecular complexity index is 1000. The number of carbonyl (C=O) groups excluding carboxylic acids is 1. The van der Waals surface area contributed by atoms with E-state index in [1.165, 1.54) is 25.6 Å². The van der Waals surface area contributed by atoms with Gasteiger partial charge in [-0.15, -0.1) is 0 Å². The van der Waals surface area contributed by atoms with Gasteiger partial charge in [0, 0.05) is 11.1 Å². The molecule has 162 valence electrons. The molecule has 9 heteroatoms. The van der Waals surface area contributed by atoms with Gasteiger partial charge in [0.1, 0.15) is 6.33 Å². The molecule has 1 aromatic carbocycles. The Morgan fingerprint density at radius 3 is 2.29 bits per heavy atom. The molecule has 4 saturated carbocycles. The van der Waals surface area contributed by atoms with Crippen LogP contribution < -0.4 is 16.2 Å². The number of hydrogen-bond donors (Lipinski definition) is 3. The molecule has 9 nitrogen and oxygen atoms in total. The van der Waals surface area contributed by atoms with Gasteiger partial charge in [0.2, 0.25) is 11.6 Å². The van der Waals surface area contributed by atoms with Crippen molar-refractivity contribution in [1.29, 1.82) is 0 Å². The Morgan fingerprint density at radius 2 is 1.68 bits per heavy atom. The average molecular weight is 422 g/mol. The van der Waals surface area contributed by atoms with Gasteiger partial charge in [0.05, 0.1) is 4.92 Å². The Kier molecular flexibility index (Phi) is 4.75. The third-order valence-electron chi connectivity index (χ3n) is 7.11. The van der Waals surface area contributed by atoms with Gasteiger partial charge < -0.3 is 5.32 Å². The zero-order valence-corrected chi connectivity index (χ0v) is 17.4. The molecule has 4 aliphatic rings. The van der Waals surface area contributed by atoms with E-state index in [4.69, 9.17) is 0 Å². The van der Waals surface area contributed by atoms with Crippen LogP contribution in [0.25, 0.3) is 0 Å². The van der Waals surface area contributed by atoms with E-state index in [0.29, 0.717) is 23.3 Å². The number of anilines is 2. The molecule has 1 amide bonds. The molecule has 6 rings (SSSR count). The summed E-state index contributed by atoms with van der Waals surface area (Å²) in [6.45, 7) is 1.83. The summed E-state index contributed by atoms with van der Waals surface area (Å²) in [6.07, 6.45) is 8.24. The fourth-order valence-electron chi connectivity index (χ4n) is 6.26. The van der Waals surface area contributed by atoms with Crippen molar-refractivity contribution < 1.29 is 9.72 Å². The first-order chi connectivity index (χ1) is 14.9. The van der Waals surface area contributed by atoms with E-state index in [2.05, 4.69) is 26.1 Å². The van der Waals surface area contributed by atoms with Gasteiger partial charge in [0.25, 0.3) is 5.91 Å². The van der Waals surface area contributed by atoms with E-state index >= 15 is 0 Å². The minimum atomic E-state index is -0.495. The second kappa shape index (κ2) is 7.47. The molecule has 1 heterocycles. The summed E-state index contributed by atoms with van der Waals surface area (Å²) in [7, 11) is 0. The highest BCUT2D eigenvalue weighted by molar-refractivity contribution is 5.96. The van der Waals surface area contributed by atoms with Crippen molar-refractivity contribution in [2.45, 2.75) is 51.0 Å². The van der Waals surface area contributed by atoms with Crippen LogP contribution in [-0.2, 0) is 0 Å². The molecule has 2 aromatic rings. The number of hydrazine groups is 1. The van der Waals surface area contributed by atoms with Crippen LogP contribution in [0.4, 0.5) is 17.3 Å². The van der Waals surface area contributed by atoms with Crippen molar-refractivity contribution in [2.75, 3.05) is 10.7 Å². The Hall–Kier alpha value is -3.23. The fraction of sp³-hybridized carbons (Fsp3) is 0.500. The number of nitrogens with zero attached hydrogens (tertiary/aromatic N) is 3. The Morgan fingerprint density at radius 1 is 1.06 bits per heavy atom. The van der Waals surface area contributed by atoms with Crippen LogP contribution in [0.2, 0.25) is 0 Å². The van der Waals surface area contributed by atoms with Crippen LogP contribution in [0, 0.1) is 34.8 Å². The number of benzene rings is 1. The van der Waals surface area contributed by atoms with Crippen molar-refractivity contribution in [2.24, 2.45) is 17.8 Å². The molecule has 0 spiro atoms. The highest BCUT2D eigenvalue weighted by Gasteiger charge is 2.51. The summed E-state index contributed by atoms with van der Waals surface area (Å²) in [5.74, 6) is 1.90. The van der Waals surface area contributed by atoms with Gasteiger partial charge in [-0.1, -0.05) is 18.2 Å². The number of rotatable bonds is 6. The van der Waals surface area contributed by atoms with Gasteiger partial charge in [-0.05, 0) is 74.8 Å². The molecule has 0 radical (unpaired) electrons. The van der Waals surface area contributed by atoms with E-state index in [0.717, 1.165) is 24.8 Å². The van der Waals surface area contributed by atoms with Crippen molar-refractivity contribution in [3.63, 3.8) is 0 Å². The van der Waals surface area contributed by atoms with Crippen LogP contribution in [0.3, 0.4) is 0 Å². The number of carbonyl (C=O) groups is 1. The number of aryl methyl sites for hydroxylation is 1. The second-order valence-electron chi connectivity index (χ2n) is 9.39. The molecule has 4 aliphatic carbocycles. The minimum Gasteiger partial charge on any atom is -0.359 e. The summed E-state index contributed by atoms with van der Waals surface area (Å²) in [5.41, 5.74) is 6.08. The van der Waals surface area contributed by atoms with E-state index in [9.17, 15) is 14.9 Å². The number of amides is 1. The van der Waals surface area contributed by atoms with Crippen molar-refractivity contribution in [3.8, 4) is 0 Å². The topological polar surface area (TPSA) is 122 Å². The van der Waals surface area contributed by atoms with Crippen LogP contribution in [0.15, 0.2) is 30.6 Å². The maximum absolute atomic E-state index is 12.5. The largest absolute Gasteiger partial charge is 0.359 e. The molecular weight excluding hydrogens is 396 g/mol. The lowest BCUT2D eigenvalue weighted by molar-refractivity contribution is -0.383. The Balaban J connectivity index is 1.38. The molecule has 3 N–H and O–H groups in total. The van der Waals surface area contributed by atoms with E-state index < -0.39 is 4.92 Å². The number of nitro groups is 1. The van der Waals surface area contributed by atoms with Crippen LogP contribution in [-0.4, -0.2) is 26.3 Å². The van der Waals surface area contributed by atoms with Gasteiger partial charge in [-0.2, -0.15) is 0 Å². The van der Waals surface area contributed by atoms with Gasteiger partial charge in [-0.25, -0.2) is 9.97 Å². The van der Waals surface area contributed by atoms with Crippen LogP contribution in [0.1, 0.15) is 54.4 Å². The SMILES string of the molecule is Cc1ccccc1C(=O)NNc1ncnc(NC23CC4CC(CC(C4)C2)C3)c1[N+](=O)[O-]. The molecule has 4 fully saturated rings. The third kappa shape index (κ3) is 3.68. The molecule has 4 bridgehead atoms. The molecule has 1 aromatic heterocycles. The summed E-state index contributed by atoms with van der Waals surface area (Å²) in [6, 6.07) is 7.13. The van der Waals surface area contributed by atoms with Gasteiger partial charge in [0.15, 0.2) is 0 Å². The van der Waals surface area contributed by atoms with E-state index in [1.807, 2.05) is 19.1 Å². The Labute approximate surface area is 180 Å². The molecule has 0 aliphatic heterocycles. The van der Waals surface area contributed by atoms with E-state index in [-0.39, 0.29) is 28.8 Å².